The summed E-state index contributed by atoms with van der Waals surface area (Å²) in [5.41, 5.74) is 4.28. The maximum absolute atomic E-state index is 9.75. The van der Waals surface area contributed by atoms with Crippen molar-refractivity contribution in [3.8, 4) is 0 Å². The second-order valence-electron chi connectivity index (χ2n) is 12.5. The zero-order valence-electron chi connectivity index (χ0n) is 25.3. The average molecular weight is 668 g/mol. The van der Waals surface area contributed by atoms with Gasteiger partial charge in [0.15, 0.2) is 0 Å². The third-order valence-corrected chi connectivity index (χ3v) is 16.9. The molecule has 0 amide bonds. The predicted octanol–water partition coefficient (Wildman–Crippen LogP) is 11.6. The van der Waals surface area contributed by atoms with Crippen LogP contribution in [0.5, 0.6) is 0 Å². The Morgan fingerprint density at radius 1 is 0.526 bits per heavy atom. The molecule has 2 aliphatic heterocycles. The van der Waals surface area contributed by atoms with Crippen LogP contribution < -0.4 is 0 Å². The molecule has 3 rings (SSSR count). The molecule has 1 radical (unpaired) electrons. The summed E-state index contributed by atoms with van der Waals surface area (Å²) in [7, 11) is -5.45. The van der Waals surface area contributed by atoms with E-state index in [0.717, 1.165) is 46.3 Å². The normalized spacial score (nSPS) is 27.5. The van der Waals surface area contributed by atoms with Gasteiger partial charge in [0.25, 0.3) is 0 Å². The minimum atomic E-state index is -6.00. The first-order valence-electron chi connectivity index (χ1n) is 14.9. The Balaban J connectivity index is 0.000000804. The Kier molecular flexibility index (Phi) is 20.2. The predicted molar refractivity (Wildman–Crippen MR) is 163 cm³/mol. The molecule has 227 valence electrons. The van der Waals surface area contributed by atoms with Gasteiger partial charge in [-0.05, 0) is 110 Å². The number of allylic oxidation sites excluding steroid dienone is 4. The van der Waals surface area contributed by atoms with Crippen LogP contribution in [-0.4, -0.2) is 42.2 Å². The van der Waals surface area contributed by atoms with E-state index < -0.39 is 7.25 Å². The summed E-state index contributed by atoms with van der Waals surface area (Å²) in [6, 6.07) is 0. The molecule has 0 unspecified atom stereocenters. The topological polar surface area (TPSA) is 0 Å². The zero-order valence-corrected chi connectivity index (χ0v) is 28.7. The Hall–Kier alpha value is 0.748. The van der Waals surface area contributed by atoms with Crippen molar-refractivity contribution >= 4 is 23.1 Å². The van der Waals surface area contributed by atoms with Crippen molar-refractivity contribution in [2.24, 2.45) is 23.7 Å². The molecule has 1 aliphatic carbocycles. The van der Waals surface area contributed by atoms with Gasteiger partial charge >= 0.3 is 7.25 Å². The minimum absolute atomic E-state index is 0. The Morgan fingerprint density at radius 3 is 0.868 bits per heavy atom. The second-order valence-corrected chi connectivity index (χ2v) is 18.1. The zero-order chi connectivity index (χ0) is 28.2. The number of hydrogen-bond acceptors (Lipinski definition) is 0. The molecule has 4 atom stereocenters. The Morgan fingerprint density at radius 2 is 0.711 bits per heavy atom. The fourth-order valence-corrected chi connectivity index (χ4v) is 15.6. The van der Waals surface area contributed by atoms with E-state index >= 15 is 0 Å². The van der Waals surface area contributed by atoms with E-state index in [4.69, 9.17) is 0 Å². The third-order valence-electron chi connectivity index (χ3n) is 8.25. The van der Waals surface area contributed by atoms with Gasteiger partial charge in [-0.3, -0.25) is 0 Å². The molecule has 0 nitrogen and oxygen atoms in total. The van der Waals surface area contributed by atoms with Gasteiger partial charge in [-0.2, -0.15) is 0 Å². The SMILES string of the molecule is C1=CCC/C=C\CC1.CC(C)[C@@H]1CC[C@@H](C(C)C)P1CCP1[C@H](C(C)C)CC[C@H]1C(C)C.F[B-](F)(F)F.[Rh]. The maximum atomic E-state index is 9.75. The van der Waals surface area contributed by atoms with E-state index in [0.29, 0.717) is 0 Å². The summed E-state index contributed by atoms with van der Waals surface area (Å²) in [4.78, 5) is 0. The van der Waals surface area contributed by atoms with Crippen molar-refractivity contribution in [1.29, 1.82) is 0 Å². The molecule has 0 saturated carbocycles. The van der Waals surface area contributed by atoms with Crippen molar-refractivity contribution in [3.63, 3.8) is 0 Å². The molecule has 0 aromatic rings. The van der Waals surface area contributed by atoms with Gasteiger partial charge in [0.1, 0.15) is 0 Å². The fraction of sp³-hybridized carbons (Fsp3) is 0.867. The standard InChI is InChI=1S/C22H44P2.C8H12.BF4.Rh/c1-15(2)19-9-10-20(16(3)4)23(19)13-14-24-21(17(5)6)11-12-22(24)18(7)8;1-2-4-6-8-7-5-3-1;2-1(3,4)5;/h15-22H,9-14H2,1-8H3;1-2,7-8H,3-6H2;;/q;;-1;/b;2-1-,8-7?;;/t19-,20-,21-,22-;;;/m0.../s1. The molecular formula is C30H56BF4P2Rh-. The van der Waals surface area contributed by atoms with Gasteiger partial charge in [-0.1, -0.05) is 95.5 Å². The van der Waals surface area contributed by atoms with Crippen molar-refractivity contribution < 1.29 is 36.7 Å². The Bertz CT molecular complexity index is 567. The molecule has 2 fully saturated rings. The van der Waals surface area contributed by atoms with Crippen LogP contribution in [0.2, 0.25) is 0 Å². The van der Waals surface area contributed by atoms with Crippen molar-refractivity contribution in [3.05, 3.63) is 24.3 Å². The first-order chi connectivity index (χ1) is 17.2. The van der Waals surface area contributed by atoms with Crippen LogP contribution >= 0.6 is 15.8 Å². The van der Waals surface area contributed by atoms with Crippen LogP contribution in [0.25, 0.3) is 0 Å². The molecule has 2 heterocycles. The maximum Gasteiger partial charge on any atom is 0.673 e. The Labute approximate surface area is 248 Å². The summed E-state index contributed by atoms with van der Waals surface area (Å²) in [5, 5.41) is 0. The van der Waals surface area contributed by atoms with Gasteiger partial charge in [0, 0.05) is 19.5 Å². The molecule has 0 bridgehead atoms. The van der Waals surface area contributed by atoms with E-state index in [-0.39, 0.29) is 35.3 Å². The van der Waals surface area contributed by atoms with Gasteiger partial charge in [0.05, 0.1) is 0 Å². The number of halogens is 4. The van der Waals surface area contributed by atoms with Crippen LogP contribution in [0.3, 0.4) is 0 Å². The molecule has 0 N–H and O–H groups in total. The van der Waals surface area contributed by atoms with E-state index in [2.05, 4.69) is 79.7 Å². The monoisotopic (exact) mass is 668 g/mol. The van der Waals surface area contributed by atoms with Crippen molar-refractivity contribution in [1.82, 2.24) is 0 Å². The third kappa shape index (κ3) is 15.1. The quantitative estimate of drug-likeness (QED) is 0.110. The minimum Gasteiger partial charge on any atom is -0.418 e. The van der Waals surface area contributed by atoms with Crippen LogP contribution in [0.15, 0.2) is 24.3 Å². The summed E-state index contributed by atoms with van der Waals surface area (Å²) in [6.07, 6.45) is 23.4. The summed E-state index contributed by atoms with van der Waals surface area (Å²) in [6.45, 7) is 20.0. The number of hydrogen-bond donors (Lipinski definition) is 0. The molecule has 8 heteroatoms. The summed E-state index contributed by atoms with van der Waals surface area (Å²) >= 11 is 0. The van der Waals surface area contributed by atoms with Gasteiger partial charge in [0.2, 0.25) is 0 Å². The van der Waals surface area contributed by atoms with Gasteiger partial charge < -0.3 is 17.3 Å². The molecule has 2 saturated heterocycles. The molecular weight excluding hydrogens is 612 g/mol. The van der Waals surface area contributed by atoms with Crippen LogP contribution in [-0.2, 0) is 19.5 Å². The van der Waals surface area contributed by atoms with E-state index in [1.54, 1.807) is 12.3 Å². The van der Waals surface area contributed by atoms with Gasteiger partial charge in [-0.15, -0.1) is 0 Å². The average Bonchev–Trinajstić information content (AvgIpc) is 3.35. The molecule has 0 spiro atoms. The molecule has 3 aliphatic rings. The van der Waals surface area contributed by atoms with Crippen LogP contribution in [0.1, 0.15) is 107 Å². The second kappa shape index (κ2) is 19.8. The molecule has 0 aromatic heterocycles. The van der Waals surface area contributed by atoms with Crippen molar-refractivity contribution in [2.45, 2.75) is 129 Å². The van der Waals surface area contributed by atoms with E-state index in [9.17, 15) is 17.3 Å². The van der Waals surface area contributed by atoms with Crippen molar-refractivity contribution in [2.75, 3.05) is 12.3 Å². The first-order valence-corrected chi connectivity index (χ1v) is 18.3. The fourth-order valence-electron chi connectivity index (χ4n) is 6.45. The smallest absolute Gasteiger partial charge is 0.418 e. The van der Waals surface area contributed by atoms with E-state index in [1.165, 1.54) is 51.4 Å². The van der Waals surface area contributed by atoms with Crippen LogP contribution in [0.4, 0.5) is 17.3 Å². The molecule has 0 aromatic carbocycles. The number of rotatable bonds is 7. The summed E-state index contributed by atoms with van der Waals surface area (Å²) < 4.78 is 39.0. The largest absolute Gasteiger partial charge is 0.673 e. The summed E-state index contributed by atoms with van der Waals surface area (Å²) in [5.74, 6) is 3.66. The van der Waals surface area contributed by atoms with E-state index in [1.807, 2.05) is 0 Å². The first kappa shape index (κ1) is 38.7. The van der Waals surface area contributed by atoms with Gasteiger partial charge in [-0.25, -0.2) is 0 Å². The molecule has 38 heavy (non-hydrogen) atoms. The van der Waals surface area contributed by atoms with Crippen LogP contribution in [0, 0.1) is 23.7 Å².